The van der Waals surface area contributed by atoms with Crippen LogP contribution in [0.3, 0.4) is 0 Å². The highest BCUT2D eigenvalue weighted by Crippen LogP contribution is 2.30. The zero-order chi connectivity index (χ0) is 24.1. The van der Waals surface area contributed by atoms with Crippen molar-refractivity contribution in [1.29, 1.82) is 5.26 Å². The van der Waals surface area contributed by atoms with Gasteiger partial charge in [0, 0.05) is 43.6 Å². The number of nitriles is 1. The van der Waals surface area contributed by atoms with Gasteiger partial charge in [0.2, 0.25) is 11.8 Å². The fourth-order valence-corrected chi connectivity index (χ4v) is 4.27. The number of nitrogens with zero attached hydrogens (tertiary/aromatic N) is 3. The fourth-order valence-electron chi connectivity index (χ4n) is 4.27. The first kappa shape index (κ1) is 23.1. The van der Waals surface area contributed by atoms with Gasteiger partial charge in [-0.2, -0.15) is 5.26 Å². The minimum atomic E-state index is -0.545. The van der Waals surface area contributed by atoms with Gasteiger partial charge in [-0.1, -0.05) is 31.2 Å². The second-order valence-electron chi connectivity index (χ2n) is 8.27. The lowest BCUT2D eigenvalue weighted by atomic mass is 9.91. The average Bonchev–Trinajstić information content (AvgIpc) is 3.20. The zero-order valence-electron chi connectivity index (χ0n) is 18.8. The van der Waals surface area contributed by atoms with Gasteiger partial charge in [0.25, 0.3) is 0 Å². The summed E-state index contributed by atoms with van der Waals surface area (Å²) in [7, 11) is 0. The van der Waals surface area contributed by atoms with E-state index < -0.39 is 5.82 Å². The van der Waals surface area contributed by atoms with Crippen molar-refractivity contribution in [2.45, 2.75) is 38.1 Å². The Morgan fingerprint density at radius 1 is 1.09 bits per heavy atom. The molecule has 2 atom stereocenters. The van der Waals surface area contributed by atoms with E-state index in [0.717, 1.165) is 16.7 Å². The van der Waals surface area contributed by atoms with E-state index >= 15 is 0 Å². The largest absolute Gasteiger partial charge is 0.494 e. The van der Waals surface area contributed by atoms with Crippen LogP contribution in [0.1, 0.15) is 43.2 Å². The van der Waals surface area contributed by atoms with E-state index in [0.29, 0.717) is 18.8 Å². The highest BCUT2D eigenvalue weighted by molar-refractivity contribution is 6.02. The van der Waals surface area contributed by atoms with Crippen LogP contribution in [-0.2, 0) is 9.59 Å². The number of ether oxygens (including phenoxy) is 1. The van der Waals surface area contributed by atoms with Gasteiger partial charge in [-0.15, -0.1) is 0 Å². The zero-order valence-corrected chi connectivity index (χ0v) is 18.8. The second kappa shape index (κ2) is 10.3. The SMILES string of the molecule is CC(c1cccnc1)[C@H](CCOc1ccc(-c2ccc(F)c(C#N)c2)cc1)N1C(=O)CCC1=O. The molecule has 6 nitrogen and oxygen atoms in total. The molecule has 0 N–H and O–H groups in total. The smallest absolute Gasteiger partial charge is 0.229 e. The third kappa shape index (κ3) is 4.96. The summed E-state index contributed by atoms with van der Waals surface area (Å²) in [5.41, 5.74) is 2.53. The molecule has 0 aliphatic carbocycles. The highest BCUT2D eigenvalue weighted by atomic mass is 19.1. The Labute approximate surface area is 197 Å². The van der Waals surface area contributed by atoms with Crippen molar-refractivity contribution in [3.8, 4) is 22.9 Å². The summed E-state index contributed by atoms with van der Waals surface area (Å²) >= 11 is 0. The first-order valence-electron chi connectivity index (χ1n) is 11.2. The number of pyridine rings is 1. The van der Waals surface area contributed by atoms with Gasteiger partial charge >= 0.3 is 0 Å². The molecule has 1 saturated heterocycles. The van der Waals surface area contributed by atoms with Gasteiger partial charge in [0.15, 0.2) is 0 Å². The molecule has 34 heavy (non-hydrogen) atoms. The molecular weight excluding hydrogens is 433 g/mol. The first-order chi connectivity index (χ1) is 16.5. The quantitative estimate of drug-likeness (QED) is 0.452. The Bertz CT molecular complexity index is 1210. The van der Waals surface area contributed by atoms with Crippen molar-refractivity contribution in [2.75, 3.05) is 6.61 Å². The maximum absolute atomic E-state index is 13.6. The first-order valence-corrected chi connectivity index (χ1v) is 11.2. The minimum Gasteiger partial charge on any atom is -0.494 e. The molecule has 1 unspecified atom stereocenters. The monoisotopic (exact) mass is 457 g/mol. The van der Waals surface area contributed by atoms with Gasteiger partial charge in [0.05, 0.1) is 12.2 Å². The average molecular weight is 458 g/mol. The molecule has 2 aromatic carbocycles. The van der Waals surface area contributed by atoms with Gasteiger partial charge in [-0.3, -0.25) is 19.5 Å². The van der Waals surface area contributed by atoms with Crippen LogP contribution in [0.5, 0.6) is 5.75 Å². The van der Waals surface area contributed by atoms with Crippen LogP contribution in [0.25, 0.3) is 11.1 Å². The molecule has 4 rings (SSSR count). The lowest BCUT2D eigenvalue weighted by molar-refractivity contribution is -0.141. The molecule has 0 spiro atoms. The maximum atomic E-state index is 13.6. The topological polar surface area (TPSA) is 83.3 Å². The number of likely N-dealkylation sites (tertiary alicyclic amines) is 1. The highest BCUT2D eigenvalue weighted by Gasteiger charge is 2.37. The summed E-state index contributed by atoms with van der Waals surface area (Å²) in [5.74, 6) is -0.287. The van der Waals surface area contributed by atoms with Crippen LogP contribution >= 0.6 is 0 Å². The van der Waals surface area contributed by atoms with Crippen LogP contribution in [0.4, 0.5) is 4.39 Å². The predicted octanol–water partition coefficient (Wildman–Crippen LogP) is 4.85. The Morgan fingerprint density at radius 3 is 2.44 bits per heavy atom. The summed E-state index contributed by atoms with van der Waals surface area (Å²) in [5, 5.41) is 9.04. The van der Waals surface area contributed by atoms with Crippen LogP contribution < -0.4 is 4.74 Å². The summed E-state index contributed by atoms with van der Waals surface area (Å²) in [6, 6.07) is 17.0. The fraction of sp³-hybridized carbons (Fsp3) is 0.259. The summed E-state index contributed by atoms with van der Waals surface area (Å²) < 4.78 is 19.5. The molecule has 172 valence electrons. The Balaban J connectivity index is 1.44. The van der Waals surface area contributed by atoms with E-state index in [1.54, 1.807) is 30.6 Å². The summed E-state index contributed by atoms with van der Waals surface area (Å²) in [6.07, 6.45) is 4.42. The predicted molar refractivity (Wildman–Crippen MR) is 124 cm³/mol. The number of benzene rings is 2. The van der Waals surface area contributed by atoms with Crippen molar-refractivity contribution in [3.05, 3.63) is 83.9 Å². The van der Waals surface area contributed by atoms with Crippen molar-refractivity contribution in [1.82, 2.24) is 9.88 Å². The molecule has 1 fully saturated rings. The Hall–Kier alpha value is -4.05. The minimum absolute atomic E-state index is 0.00221. The van der Waals surface area contributed by atoms with Crippen molar-refractivity contribution in [2.24, 2.45) is 0 Å². The van der Waals surface area contributed by atoms with Crippen LogP contribution in [0, 0.1) is 17.1 Å². The second-order valence-corrected chi connectivity index (χ2v) is 8.27. The van der Waals surface area contributed by atoms with E-state index in [1.807, 2.05) is 37.3 Å². The molecule has 3 aromatic rings. The van der Waals surface area contributed by atoms with Gasteiger partial charge in [-0.05, 0) is 47.0 Å². The standard InChI is InChI=1S/C27H24FN3O3/c1-18(21-3-2-13-30-17-21)25(31-26(32)10-11-27(31)33)12-14-34-23-7-4-19(5-8-23)20-6-9-24(28)22(15-20)16-29/h2-9,13,15,17-18,25H,10-12,14H2,1H3/t18?,25-/m0/s1. The van der Waals surface area contributed by atoms with E-state index in [1.165, 1.54) is 17.0 Å². The van der Waals surface area contributed by atoms with Gasteiger partial charge < -0.3 is 4.74 Å². The number of hydrogen-bond acceptors (Lipinski definition) is 5. The van der Waals surface area contributed by atoms with Gasteiger partial charge in [-0.25, -0.2) is 4.39 Å². The van der Waals surface area contributed by atoms with Crippen molar-refractivity contribution < 1.29 is 18.7 Å². The van der Waals surface area contributed by atoms with Crippen LogP contribution in [0.15, 0.2) is 67.0 Å². The number of hydrogen-bond donors (Lipinski definition) is 0. The van der Waals surface area contributed by atoms with Crippen molar-refractivity contribution >= 4 is 11.8 Å². The Kier molecular flexibility index (Phi) is 6.98. The Morgan fingerprint density at radius 2 is 1.79 bits per heavy atom. The van der Waals surface area contributed by atoms with E-state index in [2.05, 4.69) is 4.98 Å². The molecule has 0 bridgehead atoms. The number of halogens is 1. The summed E-state index contributed by atoms with van der Waals surface area (Å²) in [4.78, 5) is 30.4. The number of imide groups is 1. The lowest BCUT2D eigenvalue weighted by Crippen LogP contribution is -2.43. The number of amides is 2. The number of aromatic nitrogens is 1. The molecule has 2 amide bonds. The molecule has 0 radical (unpaired) electrons. The molecule has 2 heterocycles. The molecule has 1 aromatic heterocycles. The van der Waals surface area contributed by atoms with Crippen molar-refractivity contribution in [3.63, 3.8) is 0 Å². The molecular formula is C27H24FN3O3. The molecule has 0 saturated carbocycles. The molecule has 1 aliphatic rings. The number of carbonyl (C=O) groups is 2. The summed E-state index contributed by atoms with van der Waals surface area (Å²) in [6.45, 7) is 2.31. The number of rotatable bonds is 8. The third-order valence-corrected chi connectivity index (χ3v) is 6.17. The number of carbonyl (C=O) groups excluding carboxylic acids is 2. The van der Waals surface area contributed by atoms with Crippen LogP contribution in [-0.4, -0.2) is 34.3 Å². The van der Waals surface area contributed by atoms with Crippen LogP contribution in [0.2, 0.25) is 0 Å². The van der Waals surface area contributed by atoms with Gasteiger partial charge in [0.1, 0.15) is 17.6 Å². The van der Waals surface area contributed by atoms with E-state index in [4.69, 9.17) is 10.00 Å². The van der Waals surface area contributed by atoms with E-state index in [-0.39, 0.29) is 42.2 Å². The third-order valence-electron chi connectivity index (χ3n) is 6.17. The molecule has 7 heteroatoms. The maximum Gasteiger partial charge on any atom is 0.229 e. The molecule has 1 aliphatic heterocycles. The normalized spacial score (nSPS) is 15.1. The lowest BCUT2D eigenvalue weighted by Gasteiger charge is -2.31. The van der Waals surface area contributed by atoms with E-state index in [9.17, 15) is 14.0 Å².